The number of nitrogens with zero attached hydrogens (tertiary/aromatic N) is 2. The molecular formula is C12H18BrN3O2. The maximum Gasteiger partial charge on any atom is 0.283 e. The Labute approximate surface area is 115 Å². The molecule has 100 valence electrons. The highest BCUT2D eigenvalue weighted by Crippen LogP contribution is 2.22. The Hall–Kier alpha value is -0.880. The van der Waals surface area contributed by atoms with Crippen LogP contribution in [-0.4, -0.2) is 28.5 Å². The fourth-order valence-corrected chi connectivity index (χ4v) is 2.43. The summed E-state index contributed by atoms with van der Waals surface area (Å²) in [4.78, 5) is 12.1. The van der Waals surface area contributed by atoms with Gasteiger partial charge in [-0.1, -0.05) is 0 Å². The van der Waals surface area contributed by atoms with E-state index in [1.165, 1.54) is 4.68 Å². The third kappa shape index (κ3) is 2.59. The van der Waals surface area contributed by atoms with Crippen molar-refractivity contribution in [2.24, 2.45) is 0 Å². The van der Waals surface area contributed by atoms with Crippen LogP contribution in [0.5, 0.6) is 0 Å². The lowest BCUT2D eigenvalue weighted by Crippen LogP contribution is -2.30. The monoisotopic (exact) mass is 315 g/mol. The first-order chi connectivity index (χ1) is 8.50. The minimum atomic E-state index is -0.110. The third-order valence-corrected chi connectivity index (χ3v) is 3.92. The van der Waals surface area contributed by atoms with Crippen molar-refractivity contribution < 1.29 is 4.74 Å². The van der Waals surface area contributed by atoms with E-state index in [0.717, 1.165) is 18.7 Å². The molecule has 1 saturated heterocycles. The van der Waals surface area contributed by atoms with E-state index in [-0.39, 0.29) is 23.7 Å². The maximum absolute atomic E-state index is 12.1. The van der Waals surface area contributed by atoms with Crippen molar-refractivity contribution in [3.05, 3.63) is 21.0 Å². The molecule has 0 radical (unpaired) electrons. The van der Waals surface area contributed by atoms with Gasteiger partial charge in [-0.3, -0.25) is 4.79 Å². The lowest BCUT2D eigenvalue weighted by molar-refractivity contribution is 0.121. The Morgan fingerprint density at radius 1 is 1.61 bits per heavy atom. The second kappa shape index (κ2) is 5.40. The molecule has 1 fully saturated rings. The normalized spacial score (nSPS) is 23.6. The summed E-state index contributed by atoms with van der Waals surface area (Å²) >= 11 is 3.35. The van der Waals surface area contributed by atoms with Gasteiger partial charge in [0.25, 0.3) is 5.56 Å². The van der Waals surface area contributed by atoms with Crippen molar-refractivity contribution in [2.75, 3.05) is 11.9 Å². The second-order valence-corrected chi connectivity index (χ2v) is 5.62. The lowest BCUT2D eigenvalue weighted by atomic mass is 10.1. The molecule has 2 unspecified atom stereocenters. The summed E-state index contributed by atoms with van der Waals surface area (Å²) in [5.74, 6) is 0. The van der Waals surface area contributed by atoms with Crippen LogP contribution in [0, 0.1) is 0 Å². The molecule has 0 aromatic carbocycles. The van der Waals surface area contributed by atoms with Gasteiger partial charge in [-0.25, -0.2) is 4.68 Å². The summed E-state index contributed by atoms with van der Waals surface area (Å²) in [6.45, 7) is 6.65. The number of ether oxygens (including phenoxy) is 1. The van der Waals surface area contributed by atoms with E-state index in [1.54, 1.807) is 6.20 Å². The van der Waals surface area contributed by atoms with Gasteiger partial charge < -0.3 is 10.1 Å². The van der Waals surface area contributed by atoms with E-state index in [9.17, 15) is 4.79 Å². The average Bonchev–Trinajstić information content (AvgIpc) is 2.70. The van der Waals surface area contributed by atoms with Gasteiger partial charge in [-0.15, -0.1) is 0 Å². The van der Waals surface area contributed by atoms with Crippen LogP contribution in [0.1, 0.15) is 33.2 Å². The number of anilines is 1. The molecule has 1 aliphatic rings. The van der Waals surface area contributed by atoms with Crippen LogP contribution in [-0.2, 0) is 4.74 Å². The summed E-state index contributed by atoms with van der Waals surface area (Å²) < 4.78 is 7.48. The Kier molecular flexibility index (Phi) is 4.07. The van der Waals surface area contributed by atoms with Crippen molar-refractivity contribution in [1.82, 2.24) is 9.78 Å². The van der Waals surface area contributed by atoms with Crippen molar-refractivity contribution >= 4 is 21.6 Å². The van der Waals surface area contributed by atoms with Gasteiger partial charge in [0, 0.05) is 6.61 Å². The van der Waals surface area contributed by atoms with Crippen LogP contribution in [0.3, 0.4) is 0 Å². The fourth-order valence-electron chi connectivity index (χ4n) is 2.03. The summed E-state index contributed by atoms with van der Waals surface area (Å²) in [5, 5.41) is 7.49. The molecule has 5 nitrogen and oxygen atoms in total. The Morgan fingerprint density at radius 2 is 2.33 bits per heavy atom. The number of rotatable bonds is 3. The largest absolute Gasteiger partial charge is 0.377 e. The topological polar surface area (TPSA) is 56.1 Å². The molecule has 1 aromatic rings. The van der Waals surface area contributed by atoms with Gasteiger partial charge in [-0.05, 0) is 43.1 Å². The SMILES string of the molecule is CC1OCCC1Nc1cnn(C(C)C)c(=O)c1Br. The summed E-state index contributed by atoms with van der Waals surface area (Å²) in [7, 11) is 0. The maximum atomic E-state index is 12.1. The van der Waals surface area contributed by atoms with Crippen molar-refractivity contribution in [1.29, 1.82) is 0 Å². The molecule has 1 aromatic heterocycles. The van der Waals surface area contributed by atoms with Crippen LogP contribution in [0.25, 0.3) is 0 Å². The summed E-state index contributed by atoms with van der Waals surface area (Å²) in [6, 6.07) is 0.286. The highest BCUT2D eigenvalue weighted by molar-refractivity contribution is 9.10. The number of hydrogen-bond acceptors (Lipinski definition) is 4. The molecule has 1 aliphatic heterocycles. The lowest BCUT2D eigenvalue weighted by Gasteiger charge is -2.19. The van der Waals surface area contributed by atoms with Gasteiger partial charge in [0.15, 0.2) is 0 Å². The molecule has 2 rings (SSSR count). The average molecular weight is 316 g/mol. The predicted molar refractivity (Wildman–Crippen MR) is 74.0 cm³/mol. The number of nitrogens with one attached hydrogen (secondary N) is 1. The van der Waals surface area contributed by atoms with Gasteiger partial charge >= 0.3 is 0 Å². The first-order valence-corrected chi connectivity index (χ1v) is 6.95. The second-order valence-electron chi connectivity index (χ2n) is 4.83. The van der Waals surface area contributed by atoms with Crippen LogP contribution in [0.4, 0.5) is 5.69 Å². The van der Waals surface area contributed by atoms with Crippen LogP contribution in [0.2, 0.25) is 0 Å². The highest BCUT2D eigenvalue weighted by atomic mass is 79.9. The van der Waals surface area contributed by atoms with Crippen LogP contribution < -0.4 is 10.9 Å². The van der Waals surface area contributed by atoms with Crippen molar-refractivity contribution in [3.63, 3.8) is 0 Å². The van der Waals surface area contributed by atoms with Gasteiger partial charge in [0.05, 0.1) is 30.1 Å². The van der Waals surface area contributed by atoms with E-state index in [4.69, 9.17) is 4.74 Å². The molecule has 0 amide bonds. The molecule has 0 saturated carbocycles. The van der Waals surface area contributed by atoms with Crippen molar-refractivity contribution in [3.8, 4) is 0 Å². The molecule has 6 heteroatoms. The molecule has 1 N–H and O–H groups in total. The first-order valence-electron chi connectivity index (χ1n) is 6.16. The zero-order chi connectivity index (χ0) is 13.3. The minimum Gasteiger partial charge on any atom is -0.377 e. The summed E-state index contributed by atoms with van der Waals surface area (Å²) in [6.07, 6.45) is 2.79. The predicted octanol–water partition coefficient (Wildman–Crippen LogP) is 2.18. The van der Waals surface area contributed by atoms with Crippen LogP contribution >= 0.6 is 15.9 Å². The molecule has 0 spiro atoms. The fraction of sp³-hybridized carbons (Fsp3) is 0.667. The Morgan fingerprint density at radius 3 is 2.89 bits per heavy atom. The zero-order valence-electron chi connectivity index (χ0n) is 10.8. The van der Waals surface area contributed by atoms with E-state index in [2.05, 4.69) is 26.3 Å². The van der Waals surface area contributed by atoms with Crippen LogP contribution in [0.15, 0.2) is 15.5 Å². The standard InChI is InChI=1S/C12H18BrN3O2/c1-7(2)16-12(17)11(13)10(6-14-16)15-9-4-5-18-8(9)3/h6-9,15H,4-5H2,1-3H3. The minimum absolute atomic E-state index is 0.0524. The van der Waals surface area contributed by atoms with E-state index in [0.29, 0.717) is 4.47 Å². The smallest absolute Gasteiger partial charge is 0.283 e. The van der Waals surface area contributed by atoms with E-state index >= 15 is 0 Å². The Bertz CT molecular complexity index is 487. The van der Waals surface area contributed by atoms with E-state index in [1.807, 2.05) is 20.8 Å². The zero-order valence-corrected chi connectivity index (χ0v) is 12.4. The molecule has 18 heavy (non-hydrogen) atoms. The highest BCUT2D eigenvalue weighted by Gasteiger charge is 2.25. The molecular weight excluding hydrogens is 298 g/mol. The Balaban J connectivity index is 2.24. The third-order valence-electron chi connectivity index (χ3n) is 3.15. The molecule has 0 aliphatic carbocycles. The molecule has 2 heterocycles. The molecule has 2 atom stereocenters. The first kappa shape index (κ1) is 13.5. The van der Waals surface area contributed by atoms with E-state index < -0.39 is 0 Å². The van der Waals surface area contributed by atoms with Crippen molar-refractivity contribution in [2.45, 2.75) is 45.4 Å². The summed E-state index contributed by atoms with van der Waals surface area (Å²) in [5.41, 5.74) is 0.626. The number of halogens is 1. The van der Waals surface area contributed by atoms with Gasteiger partial charge in [-0.2, -0.15) is 5.10 Å². The quantitative estimate of drug-likeness (QED) is 0.928. The number of aromatic nitrogens is 2. The number of hydrogen-bond donors (Lipinski definition) is 1. The van der Waals surface area contributed by atoms with Gasteiger partial charge in [0.1, 0.15) is 4.47 Å². The molecule has 0 bridgehead atoms. The van der Waals surface area contributed by atoms with Gasteiger partial charge in [0.2, 0.25) is 0 Å².